The van der Waals surface area contributed by atoms with Crippen LogP contribution >= 0.6 is 27.7 Å². The number of fused-ring (bicyclic) bond motifs is 1. The largest absolute Gasteiger partial charge is 0.493 e. The maximum Gasteiger partial charge on any atom is 0.337 e. The summed E-state index contributed by atoms with van der Waals surface area (Å²) in [6.07, 6.45) is 1.80. The summed E-state index contributed by atoms with van der Waals surface area (Å²) >= 11 is 4.89. The van der Waals surface area contributed by atoms with Crippen molar-refractivity contribution in [1.29, 1.82) is 0 Å². The van der Waals surface area contributed by atoms with Gasteiger partial charge in [-0.2, -0.15) is 0 Å². The van der Waals surface area contributed by atoms with Crippen molar-refractivity contribution in [1.82, 2.24) is 4.90 Å². The van der Waals surface area contributed by atoms with Crippen LogP contribution in [0.5, 0.6) is 11.5 Å². The summed E-state index contributed by atoms with van der Waals surface area (Å²) < 4.78 is 17.3. The highest BCUT2D eigenvalue weighted by Gasteiger charge is 2.30. The van der Waals surface area contributed by atoms with Gasteiger partial charge in [0.2, 0.25) is 0 Å². The summed E-state index contributed by atoms with van der Waals surface area (Å²) in [7, 11) is 4.60. The first-order valence-electron chi connectivity index (χ1n) is 12.3. The van der Waals surface area contributed by atoms with Crippen molar-refractivity contribution >= 4 is 67.3 Å². The van der Waals surface area contributed by atoms with Gasteiger partial charge in [-0.1, -0.05) is 42.5 Å². The van der Waals surface area contributed by atoms with E-state index in [0.29, 0.717) is 43.9 Å². The predicted octanol–water partition coefficient (Wildman–Crippen LogP) is 7.21. The third-order valence-corrected chi connectivity index (χ3v) is 7.97. The molecule has 0 bridgehead atoms. The molecule has 4 aromatic rings. The van der Waals surface area contributed by atoms with Crippen LogP contribution in [0, 0.1) is 0 Å². The average Bonchev–Trinajstić information content (AvgIpc) is 3.23. The summed E-state index contributed by atoms with van der Waals surface area (Å²) in [5.41, 5.74) is 2.89. The van der Waals surface area contributed by atoms with E-state index in [1.165, 1.54) is 23.8 Å². The Labute approximate surface area is 244 Å². The van der Waals surface area contributed by atoms with Crippen LogP contribution in [0.25, 0.3) is 16.8 Å². The fourth-order valence-corrected chi connectivity index (χ4v) is 5.80. The number of carbonyl (C=O) groups is 2. The summed E-state index contributed by atoms with van der Waals surface area (Å²) in [5, 5.41) is 2.82. The van der Waals surface area contributed by atoms with Crippen molar-refractivity contribution in [3.05, 3.63) is 105 Å². The van der Waals surface area contributed by atoms with Crippen LogP contribution in [-0.2, 0) is 16.1 Å². The number of ether oxygens (including phenoxy) is 3. The van der Waals surface area contributed by atoms with E-state index in [9.17, 15) is 9.59 Å². The standard InChI is InChI=1S/C31H25BrN2O5S/c1-34-29(35)27(40-31(34)33-23-13-11-21(12-14-23)30(36)38-3)17-19-15-25(32)28(26(16-19)37-2)39-18-22-9-6-8-20-7-4-5-10-24(20)22/h4-17H,18H2,1-3H3. The Morgan fingerprint density at radius 1 is 1.02 bits per heavy atom. The molecule has 1 saturated heterocycles. The summed E-state index contributed by atoms with van der Waals surface area (Å²) in [4.78, 5) is 31.3. The van der Waals surface area contributed by atoms with Crippen molar-refractivity contribution in [2.24, 2.45) is 4.99 Å². The van der Waals surface area contributed by atoms with Crippen LogP contribution in [0.3, 0.4) is 0 Å². The number of likely N-dealkylation sites (N-methyl/N-ethyl adjacent to an activating group) is 1. The van der Waals surface area contributed by atoms with Gasteiger partial charge in [-0.25, -0.2) is 9.79 Å². The Kier molecular flexibility index (Phi) is 8.23. The van der Waals surface area contributed by atoms with E-state index < -0.39 is 5.97 Å². The average molecular weight is 618 g/mol. The number of aliphatic imine (C=N–C) groups is 1. The molecule has 9 heteroatoms. The van der Waals surface area contributed by atoms with Crippen LogP contribution in [0.2, 0.25) is 0 Å². The van der Waals surface area contributed by atoms with Crippen molar-refractivity contribution in [2.75, 3.05) is 21.3 Å². The number of thioether (sulfide) groups is 1. The molecular weight excluding hydrogens is 592 g/mol. The van der Waals surface area contributed by atoms with E-state index >= 15 is 0 Å². The fraction of sp³-hybridized carbons (Fsp3) is 0.129. The SMILES string of the molecule is COC(=O)c1ccc(N=C2SC(=Cc3cc(Br)c(OCc4cccc5ccccc45)c(OC)c3)C(=O)N2C)cc1. The number of carbonyl (C=O) groups excluding carboxylic acids is 2. The van der Waals surface area contributed by atoms with Crippen molar-refractivity contribution in [2.45, 2.75) is 6.61 Å². The van der Waals surface area contributed by atoms with Crippen LogP contribution < -0.4 is 9.47 Å². The number of esters is 1. The van der Waals surface area contributed by atoms with Gasteiger partial charge in [0.05, 0.1) is 34.8 Å². The second-order valence-electron chi connectivity index (χ2n) is 8.87. The number of rotatable bonds is 7. The zero-order chi connectivity index (χ0) is 28.2. The minimum Gasteiger partial charge on any atom is -0.493 e. The quantitative estimate of drug-likeness (QED) is 0.161. The lowest BCUT2D eigenvalue weighted by Crippen LogP contribution is -2.23. The van der Waals surface area contributed by atoms with Crippen molar-refractivity contribution < 1.29 is 23.8 Å². The smallest absolute Gasteiger partial charge is 0.337 e. The molecule has 202 valence electrons. The molecule has 0 aromatic heterocycles. The molecule has 1 aliphatic heterocycles. The van der Waals surface area contributed by atoms with Gasteiger partial charge in [-0.05, 0) is 92.1 Å². The van der Waals surface area contributed by atoms with E-state index in [1.54, 1.807) is 44.5 Å². The Bertz CT molecular complexity index is 1660. The maximum absolute atomic E-state index is 13.0. The monoisotopic (exact) mass is 616 g/mol. The molecular formula is C31H25BrN2O5S. The van der Waals surface area contributed by atoms with Crippen molar-refractivity contribution in [3.8, 4) is 11.5 Å². The molecule has 5 rings (SSSR count). The van der Waals surface area contributed by atoms with Gasteiger partial charge >= 0.3 is 5.97 Å². The zero-order valence-corrected chi connectivity index (χ0v) is 24.4. The second-order valence-corrected chi connectivity index (χ2v) is 10.7. The highest BCUT2D eigenvalue weighted by atomic mass is 79.9. The number of halogens is 1. The van der Waals surface area contributed by atoms with Gasteiger partial charge in [0.1, 0.15) is 6.61 Å². The molecule has 0 saturated carbocycles. The summed E-state index contributed by atoms with van der Waals surface area (Å²) in [6, 6.07) is 24.8. The van der Waals surface area contributed by atoms with Gasteiger partial charge in [-0.3, -0.25) is 9.69 Å². The highest BCUT2D eigenvalue weighted by Crippen LogP contribution is 2.40. The molecule has 4 aromatic carbocycles. The molecule has 0 aliphatic carbocycles. The summed E-state index contributed by atoms with van der Waals surface area (Å²) in [6.45, 7) is 0.371. The molecule has 0 radical (unpaired) electrons. The van der Waals surface area contributed by atoms with Gasteiger partial charge in [0.25, 0.3) is 5.91 Å². The number of methoxy groups -OCH3 is 2. The summed E-state index contributed by atoms with van der Waals surface area (Å²) in [5.74, 6) is 0.544. The number of benzene rings is 4. The Morgan fingerprint density at radius 2 is 1.77 bits per heavy atom. The van der Waals surface area contributed by atoms with Crippen LogP contribution in [0.4, 0.5) is 5.69 Å². The van der Waals surface area contributed by atoms with Gasteiger partial charge in [0, 0.05) is 7.05 Å². The minimum absolute atomic E-state index is 0.165. The van der Waals surface area contributed by atoms with E-state index in [2.05, 4.69) is 39.1 Å². The first-order chi connectivity index (χ1) is 19.4. The molecule has 0 N–H and O–H groups in total. The van der Waals surface area contributed by atoms with E-state index in [1.807, 2.05) is 36.4 Å². The first-order valence-corrected chi connectivity index (χ1v) is 13.9. The molecule has 7 nitrogen and oxygen atoms in total. The van der Waals surface area contributed by atoms with E-state index in [0.717, 1.165) is 21.9 Å². The number of amidine groups is 1. The third kappa shape index (κ3) is 5.76. The Balaban J connectivity index is 1.36. The van der Waals surface area contributed by atoms with Gasteiger partial charge < -0.3 is 14.2 Å². The Hall–Kier alpha value is -4.08. The number of amides is 1. The van der Waals surface area contributed by atoms with Gasteiger partial charge in [-0.15, -0.1) is 0 Å². The molecule has 0 spiro atoms. The van der Waals surface area contributed by atoms with Gasteiger partial charge in [0.15, 0.2) is 16.7 Å². The van der Waals surface area contributed by atoms with Crippen molar-refractivity contribution in [3.63, 3.8) is 0 Å². The topological polar surface area (TPSA) is 77.4 Å². The zero-order valence-electron chi connectivity index (χ0n) is 22.0. The lowest BCUT2D eigenvalue weighted by molar-refractivity contribution is -0.121. The predicted molar refractivity (Wildman–Crippen MR) is 162 cm³/mol. The minimum atomic E-state index is -0.418. The first kappa shape index (κ1) is 27.5. The van der Waals surface area contributed by atoms with E-state index in [4.69, 9.17) is 14.2 Å². The molecule has 1 fully saturated rings. The van der Waals surface area contributed by atoms with Crippen LogP contribution in [-0.4, -0.2) is 43.2 Å². The second kappa shape index (κ2) is 12.0. The molecule has 1 aliphatic rings. The number of hydrogen-bond acceptors (Lipinski definition) is 7. The van der Waals surface area contributed by atoms with E-state index in [-0.39, 0.29) is 5.91 Å². The fourth-order valence-electron chi connectivity index (χ4n) is 4.23. The molecule has 0 atom stereocenters. The third-order valence-electron chi connectivity index (χ3n) is 6.32. The normalized spacial score (nSPS) is 15.2. The molecule has 1 heterocycles. The number of hydrogen-bond donors (Lipinski definition) is 0. The maximum atomic E-state index is 13.0. The molecule has 1 amide bonds. The lowest BCUT2D eigenvalue weighted by atomic mass is 10.1. The van der Waals surface area contributed by atoms with Crippen LogP contribution in [0.1, 0.15) is 21.5 Å². The highest BCUT2D eigenvalue weighted by molar-refractivity contribution is 9.10. The number of nitrogens with zero attached hydrogens (tertiary/aromatic N) is 2. The Morgan fingerprint density at radius 3 is 2.52 bits per heavy atom. The molecule has 0 unspecified atom stereocenters. The lowest BCUT2D eigenvalue weighted by Gasteiger charge is -2.15. The van der Waals surface area contributed by atoms with Crippen LogP contribution in [0.15, 0.2) is 93.2 Å². The molecule has 40 heavy (non-hydrogen) atoms.